The van der Waals surface area contributed by atoms with Crippen LogP contribution in [0.3, 0.4) is 0 Å². The van der Waals surface area contributed by atoms with E-state index in [4.69, 9.17) is 14.9 Å². The molecule has 2 N–H and O–H groups in total. The molecule has 2 aromatic heterocycles. The van der Waals surface area contributed by atoms with Crippen LogP contribution in [0, 0.1) is 20.8 Å². The van der Waals surface area contributed by atoms with Crippen molar-refractivity contribution in [2.75, 3.05) is 0 Å². The Labute approximate surface area is 215 Å². The van der Waals surface area contributed by atoms with Crippen LogP contribution in [0.25, 0.3) is 5.00 Å². The predicted octanol–water partition coefficient (Wildman–Crippen LogP) is 5.30. The van der Waals surface area contributed by atoms with Gasteiger partial charge < -0.3 is 4.74 Å². The van der Waals surface area contributed by atoms with E-state index < -0.39 is 11.6 Å². The number of esters is 1. The third-order valence-electron chi connectivity index (χ3n) is 6.04. The fourth-order valence-corrected chi connectivity index (χ4v) is 5.50. The van der Waals surface area contributed by atoms with E-state index in [0.29, 0.717) is 5.82 Å². The van der Waals surface area contributed by atoms with Crippen LogP contribution in [0.2, 0.25) is 0 Å². The number of carbonyl (C=O) groups is 1. The first-order chi connectivity index (χ1) is 17.1. The monoisotopic (exact) mass is 507 g/mol. The Balaban J connectivity index is 1.78. The van der Waals surface area contributed by atoms with Gasteiger partial charge in [0.15, 0.2) is 5.82 Å². The Hall–Kier alpha value is -3.30. The Morgan fingerprint density at radius 3 is 2.58 bits per heavy atom. The largest absolute Gasteiger partial charge is 0.460 e. The van der Waals surface area contributed by atoms with Gasteiger partial charge in [-0.25, -0.2) is 0 Å². The molecule has 190 valence electrons. The van der Waals surface area contributed by atoms with Crippen LogP contribution < -0.4 is 5.48 Å². The number of hydrogen-bond donors (Lipinski definition) is 2. The number of hydrogen-bond acceptors (Lipinski definition) is 8. The third kappa shape index (κ3) is 5.42. The molecule has 0 saturated carbocycles. The molecular weight excluding hydrogens is 474 g/mol. The molecule has 0 radical (unpaired) electrons. The second-order valence-corrected chi connectivity index (χ2v) is 11.2. The lowest BCUT2D eigenvalue weighted by Gasteiger charge is -2.21. The molecule has 9 heteroatoms. The van der Waals surface area contributed by atoms with Crippen LogP contribution in [0.4, 0.5) is 0 Å². The van der Waals surface area contributed by atoms with Crippen LogP contribution in [0.5, 0.6) is 0 Å². The normalized spacial score (nSPS) is 15.3. The summed E-state index contributed by atoms with van der Waals surface area (Å²) < 4.78 is 7.67. The van der Waals surface area contributed by atoms with Crippen molar-refractivity contribution in [2.24, 2.45) is 4.99 Å². The van der Waals surface area contributed by atoms with Crippen LogP contribution in [-0.4, -0.2) is 37.3 Å². The summed E-state index contributed by atoms with van der Waals surface area (Å²) in [6.07, 6.45) is 5.14. The van der Waals surface area contributed by atoms with Gasteiger partial charge in [0.2, 0.25) is 0 Å². The van der Waals surface area contributed by atoms with Crippen LogP contribution >= 0.6 is 11.3 Å². The minimum absolute atomic E-state index is 0.0786. The summed E-state index contributed by atoms with van der Waals surface area (Å²) in [4.78, 5) is 19.2. The Bertz CT molecular complexity index is 1310. The minimum Gasteiger partial charge on any atom is -0.460 e. The summed E-state index contributed by atoms with van der Waals surface area (Å²) in [5.74, 6) is 1.09. The van der Waals surface area contributed by atoms with E-state index in [1.807, 2.05) is 43.8 Å². The maximum atomic E-state index is 12.9. The van der Waals surface area contributed by atoms with Gasteiger partial charge in [-0.2, -0.15) is 0 Å². The molecular formula is C27H33N5O3S. The van der Waals surface area contributed by atoms with Crippen molar-refractivity contribution >= 4 is 23.0 Å². The number of aryl methyl sites for hydroxylation is 3. The number of carbonyl (C=O) groups excluding carboxylic acids is 1. The van der Waals surface area contributed by atoms with Crippen LogP contribution in [-0.2, 0) is 16.0 Å². The number of nitrogens with zero attached hydrogens (tertiary/aromatic N) is 4. The van der Waals surface area contributed by atoms with Crippen molar-refractivity contribution in [3.63, 3.8) is 0 Å². The number of allylic oxidation sites excluding steroid dienone is 1. The molecule has 3 heterocycles. The number of hydroxylamine groups is 1. The van der Waals surface area contributed by atoms with E-state index in [2.05, 4.69) is 48.3 Å². The lowest BCUT2D eigenvalue weighted by atomic mass is 9.98. The van der Waals surface area contributed by atoms with E-state index in [1.54, 1.807) is 11.3 Å². The lowest BCUT2D eigenvalue weighted by molar-refractivity contribution is -0.155. The zero-order valence-corrected chi connectivity index (χ0v) is 22.4. The fourth-order valence-electron chi connectivity index (χ4n) is 4.28. The first-order valence-corrected chi connectivity index (χ1v) is 12.9. The van der Waals surface area contributed by atoms with Crippen LogP contribution in [0.1, 0.15) is 78.4 Å². The summed E-state index contributed by atoms with van der Waals surface area (Å²) in [6.45, 7) is 11.7. The molecule has 1 aromatic carbocycles. The average molecular weight is 508 g/mol. The number of fused-ring (bicyclic) bond motifs is 3. The van der Waals surface area contributed by atoms with Gasteiger partial charge in [-0.1, -0.05) is 30.3 Å². The van der Waals surface area contributed by atoms with Gasteiger partial charge in [0.1, 0.15) is 22.5 Å². The van der Waals surface area contributed by atoms with Crippen molar-refractivity contribution < 1.29 is 14.7 Å². The number of nitrogens with one attached hydrogen (secondary N) is 1. The van der Waals surface area contributed by atoms with Crippen molar-refractivity contribution in [2.45, 2.75) is 72.4 Å². The van der Waals surface area contributed by atoms with Crippen molar-refractivity contribution in [1.82, 2.24) is 20.2 Å². The highest BCUT2D eigenvalue weighted by molar-refractivity contribution is 7.15. The highest BCUT2D eigenvalue weighted by atomic mass is 32.1. The SMILES string of the molecule is Cc1sc2c(c1C)C(c1ccc(CC/C=C\NO)cc1)=NC(CC(=O)OC(C)(C)C)c1nnc(C)n1-2. The second-order valence-electron chi connectivity index (χ2n) is 9.96. The lowest BCUT2D eigenvalue weighted by Crippen LogP contribution is -2.25. The summed E-state index contributed by atoms with van der Waals surface area (Å²) in [7, 11) is 0. The smallest absolute Gasteiger partial charge is 0.308 e. The highest BCUT2D eigenvalue weighted by Crippen LogP contribution is 2.39. The molecule has 0 bridgehead atoms. The topological polar surface area (TPSA) is 102 Å². The van der Waals surface area contributed by atoms with Crippen molar-refractivity contribution in [3.05, 3.63) is 75.3 Å². The van der Waals surface area contributed by atoms with Crippen LogP contribution in [0.15, 0.2) is 41.5 Å². The maximum Gasteiger partial charge on any atom is 0.308 e. The predicted molar refractivity (Wildman–Crippen MR) is 141 cm³/mol. The van der Waals surface area contributed by atoms with Gasteiger partial charge in [0.05, 0.1) is 12.1 Å². The zero-order valence-electron chi connectivity index (χ0n) is 21.6. The van der Waals surface area contributed by atoms with E-state index in [-0.39, 0.29) is 12.4 Å². The molecule has 1 atom stereocenters. The summed E-state index contributed by atoms with van der Waals surface area (Å²) in [5, 5.41) is 18.5. The number of aromatic nitrogens is 3. The molecule has 36 heavy (non-hydrogen) atoms. The number of thiophene rings is 1. The van der Waals surface area contributed by atoms with E-state index in [9.17, 15) is 4.79 Å². The number of aliphatic imine (C=N–C) groups is 1. The third-order valence-corrected chi connectivity index (χ3v) is 7.23. The Morgan fingerprint density at radius 2 is 1.92 bits per heavy atom. The average Bonchev–Trinajstić information content (AvgIpc) is 3.28. The molecule has 8 nitrogen and oxygen atoms in total. The fraction of sp³-hybridized carbons (Fsp3) is 0.407. The first kappa shape index (κ1) is 25.8. The zero-order chi connectivity index (χ0) is 26.0. The summed E-state index contributed by atoms with van der Waals surface area (Å²) in [6, 6.07) is 7.85. The molecule has 4 rings (SSSR count). The number of benzene rings is 1. The standard InChI is InChI=1S/C27H33N5O3S/c1-16-17(2)36-26-23(16)24(20-12-10-19(11-13-20)9-7-8-14-28-34)29-21(15-22(33)35-27(4,5)6)25-31-30-18(3)32(25)26/h8,10-14,21,28,34H,7,9,15H2,1-6H3/b14-8-. The van der Waals surface area contributed by atoms with Gasteiger partial charge in [-0.05, 0) is 65.5 Å². The first-order valence-electron chi connectivity index (χ1n) is 12.0. The molecule has 0 aliphatic carbocycles. The molecule has 0 fully saturated rings. The molecule has 0 amide bonds. The minimum atomic E-state index is -0.581. The summed E-state index contributed by atoms with van der Waals surface area (Å²) >= 11 is 1.69. The highest BCUT2D eigenvalue weighted by Gasteiger charge is 2.33. The van der Waals surface area contributed by atoms with E-state index in [0.717, 1.165) is 46.1 Å². The molecule has 1 aliphatic heterocycles. The number of ether oxygens (including phenoxy) is 1. The van der Waals surface area contributed by atoms with Gasteiger partial charge in [-0.3, -0.25) is 25.0 Å². The quantitative estimate of drug-likeness (QED) is 0.332. The molecule has 1 unspecified atom stereocenters. The van der Waals surface area contributed by atoms with Crippen molar-refractivity contribution in [3.8, 4) is 5.00 Å². The van der Waals surface area contributed by atoms with E-state index >= 15 is 0 Å². The summed E-state index contributed by atoms with van der Waals surface area (Å²) in [5.41, 5.74) is 6.69. The second kappa shape index (κ2) is 10.4. The van der Waals surface area contributed by atoms with Gasteiger partial charge in [-0.15, -0.1) is 21.5 Å². The van der Waals surface area contributed by atoms with Gasteiger partial charge in [0, 0.05) is 22.2 Å². The van der Waals surface area contributed by atoms with Gasteiger partial charge >= 0.3 is 5.97 Å². The Morgan fingerprint density at radius 1 is 1.19 bits per heavy atom. The van der Waals surface area contributed by atoms with Gasteiger partial charge in [0.25, 0.3) is 0 Å². The molecule has 0 saturated heterocycles. The van der Waals surface area contributed by atoms with Crippen molar-refractivity contribution in [1.29, 1.82) is 0 Å². The van der Waals surface area contributed by atoms with E-state index in [1.165, 1.54) is 16.6 Å². The number of rotatable bonds is 7. The molecule has 0 spiro atoms. The maximum absolute atomic E-state index is 12.9. The Kier molecular flexibility index (Phi) is 7.42. The molecule has 3 aromatic rings. The molecule has 1 aliphatic rings.